The maximum absolute atomic E-state index is 11.2. The Morgan fingerprint density at radius 1 is 1.57 bits per heavy atom. The number of aryl methyl sites for hydroxylation is 1. The number of hydrogen-bond donors (Lipinski definition) is 1. The molecule has 1 aromatic heterocycles. The van der Waals surface area contributed by atoms with Crippen LogP contribution in [0.15, 0.2) is 11.6 Å². The van der Waals surface area contributed by atoms with E-state index in [4.69, 9.17) is 0 Å². The third-order valence-electron chi connectivity index (χ3n) is 1.59. The summed E-state index contributed by atoms with van der Waals surface area (Å²) in [6.45, 7) is 6.16. The van der Waals surface area contributed by atoms with Gasteiger partial charge in [0.15, 0.2) is 0 Å². The Kier molecular flexibility index (Phi) is 3.76. The number of carbonyl (C=O) groups is 1. The molecule has 1 rings (SSSR count). The van der Waals surface area contributed by atoms with E-state index in [0.29, 0.717) is 6.54 Å². The molecule has 0 bridgehead atoms. The lowest BCUT2D eigenvalue weighted by Crippen LogP contribution is -2.20. The minimum atomic E-state index is -0.0715. The van der Waals surface area contributed by atoms with Gasteiger partial charge in [-0.15, -0.1) is 5.10 Å². The first-order valence-corrected chi connectivity index (χ1v) is 5.07. The second-order valence-corrected chi connectivity index (χ2v) is 4.06. The van der Waals surface area contributed by atoms with Gasteiger partial charge < -0.3 is 5.32 Å². The fourth-order valence-corrected chi connectivity index (χ4v) is 1.47. The molecule has 0 aliphatic carbocycles. The Bertz CT molecular complexity index is 353. The third-order valence-corrected chi connectivity index (χ3v) is 2.41. The molecule has 0 aromatic carbocycles. The molecule has 4 nitrogen and oxygen atoms in total. The molecule has 0 radical (unpaired) electrons. The van der Waals surface area contributed by atoms with Crippen LogP contribution in [0.5, 0.6) is 0 Å². The van der Waals surface area contributed by atoms with Gasteiger partial charge in [0.25, 0.3) is 0 Å². The van der Waals surface area contributed by atoms with Crippen molar-refractivity contribution in [3.8, 4) is 0 Å². The first-order chi connectivity index (χ1) is 6.59. The summed E-state index contributed by atoms with van der Waals surface area (Å²) in [5.74, 6) is -0.0715. The number of rotatable bonds is 3. The molecule has 1 aromatic rings. The maximum atomic E-state index is 11.2. The van der Waals surface area contributed by atoms with Crippen molar-refractivity contribution in [2.45, 2.75) is 27.3 Å². The zero-order valence-electron chi connectivity index (χ0n) is 8.50. The first kappa shape index (κ1) is 10.8. The van der Waals surface area contributed by atoms with Gasteiger partial charge in [0, 0.05) is 6.08 Å². The van der Waals surface area contributed by atoms with Crippen LogP contribution in [-0.2, 0) is 11.3 Å². The van der Waals surface area contributed by atoms with Crippen LogP contribution in [-0.4, -0.2) is 15.5 Å². The molecule has 5 heteroatoms. The van der Waals surface area contributed by atoms with Crippen LogP contribution in [0.25, 0.3) is 0 Å². The van der Waals surface area contributed by atoms with Gasteiger partial charge in [-0.1, -0.05) is 10.1 Å². The van der Waals surface area contributed by atoms with E-state index in [1.54, 1.807) is 6.08 Å². The number of aromatic nitrogens is 2. The summed E-state index contributed by atoms with van der Waals surface area (Å²) in [7, 11) is 0. The van der Waals surface area contributed by atoms with Crippen molar-refractivity contribution in [1.82, 2.24) is 14.9 Å². The average molecular weight is 211 g/mol. The topological polar surface area (TPSA) is 54.9 Å². The molecule has 14 heavy (non-hydrogen) atoms. The van der Waals surface area contributed by atoms with E-state index in [1.165, 1.54) is 11.5 Å². The Balaban J connectivity index is 2.46. The van der Waals surface area contributed by atoms with E-state index < -0.39 is 0 Å². The third kappa shape index (κ3) is 3.26. The summed E-state index contributed by atoms with van der Waals surface area (Å²) in [4.78, 5) is 12.2. The maximum Gasteiger partial charge on any atom is 0.244 e. The van der Waals surface area contributed by atoms with E-state index in [1.807, 2.05) is 20.8 Å². The molecule has 1 N–H and O–H groups in total. The van der Waals surface area contributed by atoms with Crippen molar-refractivity contribution in [3.63, 3.8) is 0 Å². The molecule has 1 heterocycles. The van der Waals surface area contributed by atoms with Gasteiger partial charge in [0.05, 0.1) is 17.1 Å². The van der Waals surface area contributed by atoms with E-state index >= 15 is 0 Å². The van der Waals surface area contributed by atoms with Gasteiger partial charge in [-0.25, -0.2) is 0 Å². The molecule has 1 amide bonds. The first-order valence-electron chi connectivity index (χ1n) is 4.30. The summed E-state index contributed by atoms with van der Waals surface area (Å²) in [5.41, 5.74) is 1.87. The van der Waals surface area contributed by atoms with Crippen LogP contribution in [0.1, 0.15) is 24.4 Å². The lowest BCUT2D eigenvalue weighted by atomic mass is 10.3. The Morgan fingerprint density at radius 2 is 2.29 bits per heavy atom. The minimum Gasteiger partial charge on any atom is -0.348 e. The second kappa shape index (κ2) is 4.85. The van der Waals surface area contributed by atoms with Crippen LogP contribution in [0.4, 0.5) is 0 Å². The highest BCUT2D eigenvalue weighted by Gasteiger charge is 2.03. The van der Waals surface area contributed by atoms with Gasteiger partial charge in [-0.05, 0) is 32.3 Å². The minimum absolute atomic E-state index is 0.0715. The average Bonchev–Trinajstić information content (AvgIpc) is 2.46. The molecule has 76 valence electrons. The molecular weight excluding hydrogens is 198 g/mol. The van der Waals surface area contributed by atoms with Crippen molar-refractivity contribution in [3.05, 3.63) is 22.2 Å². The largest absolute Gasteiger partial charge is 0.348 e. The summed E-state index contributed by atoms with van der Waals surface area (Å²) in [6, 6.07) is 0. The van der Waals surface area contributed by atoms with Crippen LogP contribution in [0, 0.1) is 6.92 Å². The molecule has 0 unspecified atom stereocenters. The fourth-order valence-electron chi connectivity index (χ4n) is 0.894. The Hall–Kier alpha value is -1.23. The van der Waals surface area contributed by atoms with Crippen molar-refractivity contribution in [2.75, 3.05) is 0 Å². The van der Waals surface area contributed by atoms with E-state index in [0.717, 1.165) is 16.1 Å². The monoisotopic (exact) mass is 211 g/mol. The summed E-state index contributed by atoms with van der Waals surface area (Å²) < 4.78 is 3.79. The zero-order valence-corrected chi connectivity index (χ0v) is 9.31. The molecule has 0 spiro atoms. The van der Waals surface area contributed by atoms with Crippen molar-refractivity contribution in [2.24, 2.45) is 0 Å². The zero-order chi connectivity index (χ0) is 10.6. The summed E-state index contributed by atoms with van der Waals surface area (Å²) in [6.07, 6.45) is 1.57. The molecular formula is C9H13N3OS. The number of nitrogens with one attached hydrogen (secondary N) is 1. The van der Waals surface area contributed by atoms with E-state index in [2.05, 4.69) is 14.9 Å². The standard InChI is InChI=1S/C9H13N3OS/c1-6(2)4-9(13)10-5-8-7(3)11-12-14-8/h4H,5H2,1-3H3,(H,10,13). The van der Waals surface area contributed by atoms with Gasteiger partial charge >= 0.3 is 0 Å². The SMILES string of the molecule is CC(C)=CC(=O)NCc1snnc1C. The van der Waals surface area contributed by atoms with Gasteiger partial charge in [0.1, 0.15) is 0 Å². The highest BCUT2D eigenvalue weighted by molar-refractivity contribution is 7.05. The molecule has 0 fully saturated rings. The van der Waals surface area contributed by atoms with Crippen LogP contribution < -0.4 is 5.32 Å². The molecule has 0 saturated heterocycles. The molecule has 0 aliphatic heterocycles. The normalized spacial score (nSPS) is 9.64. The molecule has 0 aliphatic rings. The number of carbonyl (C=O) groups excluding carboxylic acids is 1. The van der Waals surface area contributed by atoms with Crippen LogP contribution in [0.3, 0.4) is 0 Å². The van der Waals surface area contributed by atoms with Crippen molar-refractivity contribution < 1.29 is 4.79 Å². The lowest BCUT2D eigenvalue weighted by molar-refractivity contribution is -0.116. The van der Waals surface area contributed by atoms with Gasteiger partial charge in [0.2, 0.25) is 5.91 Å². The fraction of sp³-hybridized carbons (Fsp3) is 0.444. The van der Waals surface area contributed by atoms with Crippen LogP contribution in [0.2, 0.25) is 0 Å². The highest BCUT2D eigenvalue weighted by atomic mass is 32.1. The van der Waals surface area contributed by atoms with Crippen LogP contribution >= 0.6 is 11.5 Å². The summed E-state index contributed by atoms with van der Waals surface area (Å²) >= 11 is 1.31. The van der Waals surface area contributed by atoms with Crippen molar-refractivity contribution in [1.29, 1.82) is 0 Å². The van der Waals surface area contributed by atoms with E-state index in [-0.39, 0.29) is 5.91 Å². The Labute approximate surface area is 87.2 Å². The number of nitrogens with zero attached hydrogens (tertiary/aromatic N) is 2. The summed E-state index contributed by atoms with van der Waals surface area (Å²) in [5, 5.41) is 6.63. The Morgan fingerprint density at radius 3 is 2.79 bits per heavy atom. The predicted molar refractivity (Wildman–Crippen MR) is 55.9 cm³/mol. The molecule has 0 atom stereocenters. The lowest BCUT2D eigenvalue weighted by Gasteiger charge is -1.99. The number of allylic oxidation sites excluding steroid dienone is 1. The quantitative estimate of drug-likeness (QED) is 0.769. The number of hydrogen-bond acceptors (Lipinski definition) is 4. The number of amides is 1. The highest BCUT2D eigenvalue weighted by Crippen LogP contribution is 2.07. The second-order valence-electron chi connectivity index (χ2n) is 3.22. The molecule has 0 saturated carbocycles. The van der Waals surface area contributed by atoms with E-state index in [9.17, 15) is 4.79 Å². The van der Waals surface area contributed by atoms with Gasteiger partial charge in [-0.3, -0.25) is 4.79 Å². The predicted octanol–water partition coefficient (Wildman–Crippen LogP) is 1.43. The smallest absolute Gasteiger partial charge is 0.244 e. The van der Waals surface area contributed by atoms with Gasteiger partial charge in [-0.2, -0.15) is 0 Å². The van der Waals surface area contributed by atoms with Crippen molar-refractivity contribution >= 4 is 17.4 Å².